The Balaban J connectivity index is 2.71. The highest BCUT2D eigenvalue weighted by Crippen LogP contribution is 2.30. The van der Waals surface area contributed by atoms with Gasteiger partial charge in [-0.05, 0) is 13.2 Å². The number of hydrogen-bond donors (Lipinski definition) is 0. The highest BCUT2D eigenvalue weighted by atomic mass is 32.2. The Hall–Kier alpha value is -0.320. The summed E-state index contributed by atoms with van der Waals surface area (Å²) in [5, 5.41) is 0.0671. The normalized spacial score (nSPS) is 39.2. The summed E-state index contributed by atoms with van der Waals surface area (Å²) in [7, 11) is 0. The number of aliphatic imine (C=N–C) groups is 1. The molecule has 0 aromatic rings. The fourth-order valence-electron chi connectivity index (χ4n) is 0.545. The predicted octanol–water partition coefficient (Wildman–Crippen LogP) is 1.72. The first-order chi connectivity index (χ1) is 4.56. The molecule has 0 saturated heterocycles. The van der Waals surface area contributed by atoms with E-state index in [0.717, 1.165) is 18.7 Å². The molecule has 0 spiro atoms. The lowest BCUT2D eigenvalue weighted by Gasteiger charge is -2.09. The zero-order valence-corrected chi connectivity index (χ0v) is 6.41. The maximum absolute atomic E-state index is 12.7. The molecule has 1 heterocycles. The Morgan fingerprint density at radius 1 is 1.80 bits per heavy atom. The lowest BCUT2D eigenvalue weighted by atomic mass is 10.3. The Morgan fingerprint density at radius 3 is 2.60 bits per heavy atom. The van der Waals surface area contributed by atoms with E-state index in [1.165, 1.54) is 0 Å². The number of ether oxygens (including phenoxy) is 1. The maximum Gasteiger partial charge on any atom is 0.294 e. The number of rotatable bonds is 0. The van der Waals surface area contributed by atoms with Crippen molar-refractivity contribution in [1.82, 2.24) is 0 Å². The van der Waals surface area contributed by atoms with Crippen LogP contribution in [-0.4, -0.2) is 23.6 Å². The van der Waals surface area contributed by atoms with E-state index >= 15 is 0 Å². The van der Waals surface area contributed by atoms with Crippen molar-refractivity contribution in [3.05, 3.63) is 0 Å². The van der Waals surface area contributed by atoms with Gasteiger partial charge in [-0.2, -0.15) is 9.38 Å². The van der Waals surface area contributed by atoms with Crippen LogP contribution in [0.2, 0.25) is 0 Å². The van der Waals surface area contributed by atoms with Crippen molar-refractivity contribution in [2.45, 2.75) is 19.1 Å². The van der Waals surface area contributed by atoms with Gasteiger partial charge in [-0.1, -0.05) is 11.8 Å². The van der Waals surface area contributed by atoms with Gasteiger partial charge in [0.05, 0.1) is 0 Å². The molecule has 1 aliphatic heterocycles. The molecule has 0 aliphatic carbocycles. The van der Waals surface area contributed by atoms with Crippen molar-refractivity contribution in [2.24, 2.45) is 4.99 Å². The fraction of sp³-hybridized carbons (Fsp3) is 0.800. The van der Waals surface area contributed by atoms with E-state index < -0.39 is 12.2 Å². The van der Waals surface area contributed by atoms with E-state index in [9.17, 15) is 8.78 Å². The molecule has 0 fully saturated rings. The SMILES string of the molecule is CSC1=N[C@@](C)(F)[C@H](F)O1. The second-order valence-corrected chi connectivity index (χ2v) is 2.80. The zero-order chi connectivity index (χ0) is 7.78. The minimum absolute atomic E-state index is 0.0671. The van der Waals surface area contributed by atoms with Crippen molar-refractivity contribution in [1.29, 1.82) is 0 Å². The van der Waals surface area contributed by atoms with E-state index in [2.05, 4.69) is 9.73 Å². The van der Waals surface area contributed by atoms with Crippen LogP contribution in [0, 0.1) is 0 Å². The quantitative estimate of drug-likeness (QED) is 0.512. The summed E-state index contributed by atoms with van der Waals surface area (Å²) in [6.07, 6.45) is -0.303. The van der Waals surface area contributed by atoms with E-state index in [-0.39, 0.29) is 5.23 Å². The first-order valence-corrected chi connectivity index (χ1v) is 3.92. The van der Waals surface area contributed by atoms with Gasteiger partial charge < -0.3 is 4.74 Å². The third kappa shape index (κ3) is 1.23. The van der Waals surface area contributed by atoms with Crippen molar-refractivity contribution in [3.8, 4) is 0 Å². The van der Waals surface area contributed by atoms with Crippen molar-refractivity contribution < 1.29 is 13.5 Å². The summed E-state index contributed by atoms with van der Waals surface area (Å²) in [6, 6.07) is 0. The standard InChI is InChI=1S/C5H7F2NOS/c1-5(7)3(6)9-4(8-5)10-2/h3H,1-2H3/t3-,5-/m1/s1. The second kappa shape index (κ2) is 2.38. The van der Waals surface area contributed by atoms with Crippen molar-refractivity contribution in [2.75, 3.05) is 6.26 Å². The molecule has 0 amide bonds. The molecule has 10 heavy (non-hydrogen) atoms. The van der Waals surface area contributed by atoms with E-state index in [0.29, 0.717) is 0 Å². The molecule has 2 atom stereocenters. The summed E-state index contributed by atoms with van der Waals surface area (Å²) in [5.74, 6) is -2.20. The summed E-state index contributed by atoms with van der Waals surface area (Å²) < 4.78 is 29.6. The third-order valence-corrected chi connectivity index (χ3v) is 1.64. The Bertz CT molecular complexity index is 171. The Kier molecular flexibility index (Phi) is 1.85. The van der Waals surface area contributed by atoms with Crippen LogP contribution in [0.3, 0.4) is 0 Å². The van der Waals surface area contributed by atoms with Gasteiger partial charge in [0, 0.05) is 0 Å². The maximum atomic E-state index is 12.7. The number of halogens is 2. The van der Waals surface area contributed by atoms with Gasteiger partial charge in [-0.15, -0.1) is 0 Å². The molecule has 0 aromatic heterocycles. The molecule has 0 saturated carbocycles. The molecule has 2 nitrogen and oxygen atoms in total. The fourth-order valence-corrected chi connectivity index (χ4v) is 0.996. The highest BCUT2D eigenvalue weighted by molar-refractivity contribution is 8.12. The van der Waals surface area contributed by atoms with E-state index in [4.69, 9.17) is 0 Å². The molecular weight excluding hydrogens is 160 g/mol. The number of alkyl halides is 2. The Morgan fingerprint density at radius 2 is 2.40 bits per heavy atom. The summed E-state index contributed by atoms with van der Waals surface area (Å²) in [4.78, 5) is 3.34. The summed E-state index contributed by atoms with van der Waals surface area (Å²) in [6.45, 7) is 1.04. The number of hydrogen-bond acceptors (Lipinski definition) is 3. The first kappa shape index (κ1) is 7.78. The summed E-state index contributed by atoms with van der Waals surface area (Å²) >= 11 is 1.09. The monoisotopic (exact) mass is 167 g/mol. The van der Waals surface area contributed by atoms with Crippen LogP contribution in [0.25, 0.3) is 0 Å². The van der Waals surface area contributed by atoms with E-state index in [1.54, 1.807) is 6.26 Å². The topological polar surface area (TPSA) is 21.6 Å². The molecule has 1 rings (SSSR count). The third-order valence-electron chi connectivity index (χ3n) is 1.10. The van der Waals surface area contributed by atoms with Crippen LogP contribution in [-0.2, 0) is 4.74 Å². The molecule has 0 unspecified atom stereocenters. The molecular formula is C5H7F2NOS. The van der Waals surface area contributed by atoms with Gasteiger partial charge in [0.25, 0.3) is 17.4 Å². The first-order valence-electron chi connectivity index (χ1n) is 2.70. The van der Waals surface area contributed by atoms with Gasteiger partial charge >= 0.3 is 0 Å². The molecule has 0 aromatic carbocycles. The van der Waals surface area contributed by atoms with Gasteiger partial charge in [0.15, 0.2) is 0 Å². The van der Waals surface area contributed by atoms with Crippen LogP contribution < -0.4 is 0 Å². The van der Waals surface area contributed by atoms with Gasteiger partial charge in [0.1, 0.15) is 0 Å². The van der Waals surface area contributed by atoms with Gasteiger partial charge in [-0.3, -0.25) is 0 Å². The molecule has 58 valence electrons. The van der Waals surface area contributed by atoms with Crippen LogP contribution in [0.1, 0.15) is 6.92 Å². The minimum Gasteiger partial charge on any atom is -0.433 e. The van der Waals surface area contributed by atoms with Crippen molar-refractivity contribution in [3.63, 3.8) is 0 Å². The molecule has 0 N–H and O–H groups in total. The molecule has 1 aliphatic rings. The zero-order valence-electron chi connectivity index (χ0n) is 5.60. The lowest BCUT2D eigenvalue weighted by Crippen LogP contribution is -2.25. The van der Waals surface area contributed by atoms with Crippen LogP contribution in [0.4, 0.5) is 8.78 Å². The average molecular weight is 167 g/mol. The smallest absolute Gasteiger partial charge is 0.294 e. The number of thioether (sulfide) groups is 1. The minimum atomic E-state index is -2.20. The van der Waals surface area contributed by atoms with Crippen LogP contribution >= 0.6 is 11.8 Å². The van der Waals surface area contributed by atoms with Gasteiger partial charge in [-0.25, -0.2) is 4.39 Å². The number of nitrogens with zero attached hydrogens (tertiary/aromatic N) is 1. The Labute approximate surface area is 61.7 Å². The summed E-state index contributed by atoms with van der Waals surface area (Å²) in [5.41, 5.74) is 0. The van der Waals surface area contributed by atoms with Gasteiger partial charge in [0.2, 0.25) is 0 Å². The average Bonchev–Trinajstić information content (AvgIpc) is 2.08. The van der Waals surface area contributed by atoms with Crippen LogP contribution in [0.5, 0.6) is 0 Å². The predicted molar refractivity (Wildman–Crippen MR) is 36.4 cm³/mol. The largest absolute Gasteiger partial charge is 0.433 e. The highest BCUT2D eigenvalue weighted by Gasteiger charge is 2.42. The second-order valence-electron chi connectivity index (χ2n) is 2.04. The molecule has 0 radical (unpaired) electrons. The molecule has 0 bridgehead atoms. The lowest BCUT2D eigenvalue weighted by molar-refractivity contribution is -0.0397. The van der Waals surface area contributed by atoms with Crippen molar-refractivity contribution >= 4 is 17.0 Å². The van der Waals surface area contributed by atoms with Crippen LogP contribution in [0.15, 0.2) is 4.99 Å². The van der Waals surface area contributed by atoms with E-state index in [1.807, 2.05) is 0 Å². The molecule has 5 heteroatoms.